The zero-order chi connectivity index (χ0) is 19.4. The van der Waals surface area contributed by atoms with Gasteiger partial charge in [-0.1, -0.05) is 43.3 Å². The van der Waals surface area contributed by atoms with Crippen molar-refractivity contribution >= 4 is 27.5 Å². The van der Waals surface area contributed by atoms with Gasteiger partial charge in [0.15, 0.2) is 11.6 Å². The minimum atomic E-state index is 0.00830. The van der Waals surface area contributed by atoms with Crippen LogP contribution < -0.4 is 10.2 Å². The Morgan fingerprint density at radius 2 is 1.85 bits per heavy atom. The number of carbonyl (C=O) groups is 1. The van der Waals surface area contributed by atoms with Crippen LogP contribution in [0.25, 0.3) is 10.2 Å². The number of hydrogen-bond donors (Lipinski definition) is 2. The largest absolute Gasteiger partial charge is 0.345 e. The third-order valence-electron chi connectivity index (χ3n) is 5.12. The third kappa shape index (κ3) is 4.73. The second kappa shape index (κ2) is 8.63. The summed E-state index contributed by atoms with van der Waals surface area (Å²) >= 11 is 1.71. The Bertz CT molecular complexity index is 870. The minimum absolute atomic E-state index is 0.00830. The Hall–Kier alpha value is -2.24. The summed E-state index contributed by atoms with van der Waals surface area (Å²) in [7, 11) is 2.05. The van der Waals surface area contributed by atoms with E-state index in [0.717, 1.165) is 27.4 Å². The van der Waals surface area contributed by atoms with E-state index in [-0.39, 0.29) is 18.0 Å². The highest BCUT2D eigenvalue weighted by Gasteiger charge is 2.22. The topological polar surface area (TPSA) is 46.4 Å². The van der Waals surface area contributed by atoms with Gasteiger partial charge in [-0.25, -0.2) is 4.98 Å². The van der Waals surface area contributed by atoms with Crippen molar-refractivity contribution in [3.05, 3.63) is 64.7 Å². The van der Waals surface area contributed by atoms with Crippen LogP contribution in [0.2, 0.25) is 0 Å². The van der Waals surface area contributed by atoms with E-state index >= 15 is 0 Å². The van der Waals surface area contributed by atoms with Crippen molar-refractivity contribution in [2.24, 2.45) is 0 Å². The maximum atomic E-state index is 12.5. The van der Waals surface area contributed by atoms with Gasteiger partial charge in [0.1, 0.15) is 6.04 Å². The Morgan fingerprint density at radius 1 is 1.15 bits per heavy atom. The predicted octanol–water partition coefficient (Wildman–Crippen LogP) is 3.31. The van der Waals surface area contributed by atoms with Gasteiger partial charge < -0.3 is 10.2 Å². The summed E-state index contributed by atoms with van der Waals surface area (Å²) in [4.78, 5) is 18.4. The highest BCUT2D eigenvalue weighted by atomic mass is 32.1. The standard InChI is InChI=1S/C22H27N3OS/c1-5-17-10-12-18(13-11-17)15(2)23-21(26)14-25(4)16(3)22-24-19-8-6-7-9-20(19)27-22/h6-13,15-16H,5,14H2,1-4H3,(H,23,26)/p+1/t15-,16+/m1/s1. The number of thiazole rings is 1. The van der Waals surface area contributed by atoms with Gasteiger partial charge in [0.2, 0.25) is 0 Å². The lowest BCUT2D eigenvalue weighted by molar-refractivity contribution is -0.902. The highest BCUT2D eigenvalue weighted by molar-refractivity contribution is 7.18. The van der Waals surface area contributed by atoms with Crippen LogP contribution in [0.4, 0.5) is 0 Å². The number of nitrogens with zero attached hydrogens (tertiary/aromatic N) is 1. The number of carbonyl (C=O) groups excluding carboxylic acids is 1. The molecule has 0 radical (unpaired) electrons. The number of hydrogen-bond acceptors (Lipinski definition) is 3. The van der Waals surface area contributed by atoms with E-state index in [1.807, 2.05) is 25.1 Å². The third-order valence-corrected chi connectivity index (χ3v) is 6.34. The Balaban J connectivity index is 1.58. The first kappa shape index (κ1) is 19.5. The monoisotopic (exact) mass is 382 g/mol. The van der Waals surface area contributed by atoms with Crippen LogP contribution in [0, 0.1) is 0 Å². The molecule has 0 aliphatic rings. The first-order valence-corrected chi connectivity index (χ1v) is 10.4. The zero-order valence-electron chi connectivity index (χ0n) is 16.5. The quantitative estimate of drug-likeness (QED) is 0.659. The van der Waals surface area contributed by atoms with Crippen molar-refractivity contribution in [1.29, 1.82) is 0 Å². The predicted molar refractivity (Wildman–Crippen MR) is 112 cm³/mol. The van der Waals surface area contributed by atoms with Gasteiger partial charge in [-0.3, -0.25) is 4.79 Å². The highest BCUT2D eigenvalue weighted by Crippen LogP contribution is 2.24. The molecular formula is C22H28N3OS+. The Labute approximate surface area is 165 Å². The molecule has 1 unspecified atom stereocenters. The van der Waals surface area contributed by atoms with E-state index in [2.05, 4.69) is 56.5 Å². The van der Waals surface area contributed by atoms with Gasteiger partial charge >= 0.3 is 0 Å². The van der Waals surface area contributed by atoms with E-state index in [0.29, 0.717) is 6.54 Å². The number of aromatic nitrogens is 1. The molecule has 1 heterocycles. The van der Waals surface area contributed by atoms with Crippen molar-refractivity contribution in [1.82, 2.24) is 10.3 Å². The van der Waals surface area contributed by atoms with Gasteiger partial charge in [-0.15, -0.1) is 11.3 Å². The lowest BCUT2D eigenvalue weighted by Crippen LogP contribution is -3.10. The number of rotatable bonds is 7. The molecule has 1 amide bonds. The number of fused-ring (bicyclic) bond motifs is 1. The maximum absolute atomic E-state index is 12.5. The maximum Gasteiger partial charge on any atom is 0.275 e. The van der Waals surface area contributed by atoms with E-state index < -0.39 is 0 Å². The van der Waals surface area contributed by atoms with Crippen LogP contribution in [-0.2, 0) is 11.2 Å². The fourth-order valence-corrected chi connectivity index (χ4v) is 4.22. The number of likely N-dealkylation sites (N-methyl/N-ethyl adjacent to an activating group) is 1. The number of nitrogens with one attached hydrogen (secondary N) is 2. The van der Waals surface area contributed by atoms with Crippen molar-refractivity contribution < 1.29 is 9.69 Å². The molecule has 0 fully saturated rings. The normalized spacial score (nSPS) is 14.7. The number of amides is 1. The Morgan fingerprint density at radius 3 is 2.52 bits per heavy atom. The molecule has 0 saturated carbocycles. The van der Waals surface area contributed by atoms with Crippen molar-refractivity contribution in [3.8, 4) is 0 Å². The second-order valence-corrected chi connectivity index (χ2v) is 8.21. The van der Waals surface area contributed by atoms with E-state index in [9.17, 15) is 4.79 Å². The lowest BCUT2D eigenvalue weighted by atomic mass is 10.1. The molecular weight excluding hydrogens is 354 g/mol. The second-order valence-electron chi connectivity index (χ2n) is 7.15. The molecule has 0 spiro atoms. The summed E-state index contributed by atoms with van der Waals surface area (Å²) in [6.45, 7) is 6.73. The van der Waals surface area contributed by atoms with Gasteiger partial charge in [-0.2, -0.15) is 0 Å². The molecule has 3 atom stereocenters. The van der Waals surface area contributed by atoms with Gasteiger partial charge in [0.05, 0.1) is 23.3 Å². The van der Waals surface area contributed by atoms with Crippen LogP contribution in [0.1, 0.15) is 49.0 Å². The van der Waals surface area contributed by atoms with Crippen LogP contribution in [0.3, 0.4) is 0 Å². The molecule has 142 valence electrons. The fraction of sp³-hybridized carbons (Fsp3) is 0.364. The van der Waals surface area contributed by atoms with Gasteiger partial charge in [0, 0.05) is 0 Å². The molecule has 0 saturated heterocycles. The smallest absolute Gasteiger partial charge is 0.275 e. The van der Waals surface area contributed by atoms with E-state index in [1.165, 1.54) is 10.3 Å². The van der Waals surface area contributed by atoms with Crippen LogP contribution in [0.5, 0.6) is 0 Å². The number of para-hydroxylation sites is 1. The SMILES string of the molecule is CCc1ccc([C@@H](C)NC(=O)C[NH+](C)[C@@H](C)c2nc3ccccc3s2)cc1. The summed E-state index contributed by atoms with van der Waals surface area (Å²) in [5.74, 6) is 0.0625. The summed E-state index contributed by atoms with van der Waals surface area (Å²) in [5.41, 5.74) is 3.48. The fourth-order valence-electron chi connectivity index (χ4n) is 3.11. The average Bonchev–Trinajstić information content (AvgIpc) is 3.11. The average molecular weight is 383 g/mol. The molecule has 4 nitrogen and oxygen atoms in total. The van der Waals surface area contributed by atoms with E-state index in [1.54, 1.807) is 11.3 Å². The first-order valence-electron chi connectivity index (χ1n) is 9.54. The molecule has 1 aromatic heterocycles. The van der Waals surface area contributed by atoms with Crippen molar-refractivity contribution in [3.63, 3.8) is 0 Å². The molecule has 5 heteroatoms. The van der Waals surface area contributed by atoms with Crippen LogP contribution in [-0.4, -0.2) is 24.5 Å². The lowest BCUT2D eigenvalue weighted by Gasteiger charge is -2.21. The first-order chi connectivity index (χ1) is 13.0. The van der Waals surface area contributed by atoms with Gasteiger partial charge in [0.25, 0.3) is 5.91 Å². The summed E-state index contributed by atoms with van der Waals surface area (Å²) in [5, 5.41) is 4.19. The minimum Gasteiger partial charge on any atom is -0.345 e. The summed E-state index contributed by atoms with van der Waals surface area (Å²) < 4.78 is 1.20. The van der Waals surface area contributed by atoms with Crippen LogP contribution >= 0.6 is 11.3 Å². The number of benzene rings is 2. The molecule has 27 heavy (non-hydrogen) atoms. The van der Waals surface area contributed by atoms with Crippen LogP contribution in [0.15, 0.2) is 48.5 Å². The number of quaternary nitrogens is 1. The molecule has 2 N–H and O–H groups in total. The van der Waals surface area contributed by atoms with Crippen molar-refractivity contribution in [2.45, 2.75) is 39.3 Å². The Kier molecular flexibility index (Phi) is 6.24. The molecule has 3 aromatic rings. The van der Waals surface area contributed by atoms with E-state index in [4.69, 9.17) is 4.98 Å². The molecule has 2 aromatic carbocycles. The molecule has 0 aliphatic heterocycles. The summed E-state index contributed by atoms with van der Waals surface area (Å²) in [6, 6.07) is 16.8. The van der Waals surface area contributed by atoms with Crippen molar-refractivity contribution in [2.75, 3.05) is 13.6 Å². The summed E-state index contributed by atoms with van der Waals surface area (Å²) in [6.07, 6.45) is 1.03. The molecule has 0 aliphatic carbocycles. The molecule has 0 bridgehead atoms. The van der Waals surface area contributed by atoms with Gasteiger partial charge in [-0.05, 0) is 43.5 Å². The number of aryl methyl sites for hydroxylation is 1. The zero-order valence-corrected chi connectivity index (χ0v) is 17.3. The molecule has 3 rings (SSSR count).